The van der Waals surface area contributed by atoms with Crippen molar-refractivity contribution >= 4 is 69.0 Å². The summed E-state index contributed by atoms with van der Waals surface area (Å²) in [6.45, 7) is 0. The second kappa shape index (κ2) is 7.55. The van der Waals surface area contributed by atoms with Crippen LogP contribution in [0.5, 0.6) is 0 Å². The molecule has 1 heterocycles. The Hall–Kier alpha value is -1.25. The van der Waals surface area contributed by atoms with Gasteiger partial charge in [0, 0.05) is 8.47 Å². The van der Waals surface area contributed by atoms with Gasteiger partial charge < -0.3 is 5.32 Å². The first-order valence-electron chi connectivity index (χ1n) is 6.83. The number of amidine groups is 1. The molecule has 6 heteroatoms. The molecule has 1 aliphatic heterocycles. The van der Waals surface area contributed by atoms with Crippen LogP contribution in [0.4, 0.5) is 5.69 Å². The van der Waals surface area contributed by atoms with Crippen molar-refractivity contribution in [2.45, 2.75) is 4.90 Å². The fourth-order valence-electron chi connectivity index (χ4n) is 1.99. The quantitative estimate of drug-likeness (QED) is 0.409. The molecule has 0 aromatic heterocycles. The zero-order chi connectivity index (χ0) is 16.2. The second-order valence-corrected chi connectivity index (χ2v) is 7.89. The van der Waals surface area contributed by atoms with Crippen LogP contribution in [0.1, 0.15) is 5.56 Å². The van der Waals surface area contributed by atoms with Crippen molar-refractivity contribution in [3.8, 4) is 0 Å². The molecule has 116 valence electrons. The molecule has 3 rings (SSSR count). The Labute approximate surface area is 157 Å². The van der Waals surface area contributed by atoms with Gasteiger partial charge in [0.1, 0.15) is 0 Å². The third-order valence-corrected chi connectivity index (χ3v) is 5.43. The minimum atomic E-state index is -0.103. The van der Waals surface area contributed by atoms with Crippen molar-refractivity contribution in [2.24, 2.45) is 4.99 Å². The maximum Gasteiger partial charge on any atom is 0.264 e. The minimum absolute atomic E-state index is 0.103. The number of carbonyl (C=O) groups is 1. The van der Waals surface area contributed by atoms with Gasteiger partial charge in [-0.2, -0.15) is 0 Å². The molecule has 23 heavy (non-hydrogen) atoms. The summed E-state index contributed by atoms with van der Waals surface area (Å²) in [5.74, 6) is -0.103. The van der Waals surface area contributed by atoms with E-state index in [1.807, 2.05) is 48.7 Å². The van der Waals surface area contributed by atoms with E-state index in [4.69, 9.17) is 0 Å². The van der Waals surface area contributed by atoms with Crippen molar-refractivity contribution in [1.82, 2.24) is 5.32 Å². The normalized spacial score (nSPS) is 17.7. The summed E-state index contributed by atoms with van der Waals surface area (Å²) in [7, 11) is 0. The molecular weight excluding hydrogens is 439 g/mol. The highest BCUT2D eigenvalue weighted by Gasteiger charge is 2.23. The molecule has 2 aromatic carbocycles. The monoisotopic (exact) mass is 452 g/mol. The second-order valence-electron chi connectivity index (χ2n) is 4.73. The number of nitrogens with zero attached hydrogens (tertiary/aromatic N) is 1. The number of rotatable bonds is 3. The molecule has 1 N–H and O–H groups in total. The Morgan fingerprint density at radius 1 is 1.22 bits per heavy atom. The Morgan fingerprint density at radius 3 is 2.70 bits per heavy atom. The Kier molecular flexibility index (Phi) is 5.45. The third kappa shape index (κ3) is 4.39. The number of hydrogen-bond acceptors (Lipinski definition) is 4. The smallest absolute Gasteiger partial charge is 0.264 e. The van der Waals surface area contributed by atoms with Crippen LogP contribution in [0.3, 0.4) is 0 Å². The lowest BCUT2D eigenvalue weighted by molar-refractivity contribution is -0.115. The molecule has 0 saturated carbocycles. The van der Waals surface area contributed by atoms with Crippen molar-refractivity contribution in [2.75, 3.05) is 6.26 Å². The van der Waals surface area contributed by atoms with E-state index in [-0.39, 0.29) is 5.91 Å². The molecule has 1 saturated heterocycles. The van der Waals surface area contributed by atoms with Gasteiger partial charge >= 0.3 is 0 Å². The first-order valence-corrected chi connectivity index (χ1v) is 9.95. The summed E-state index contributed by atoms with van der Waals surface area (Å²) >= 11 is 5.31. The molecule has 0 spiro atoms. The van der Waals surface area contributed by atoms with Crippen LogP contribution in [-0.2, 0) is 4.79 Å². The number of thioether (sulfide) groups is 2. The number of benzene rings is 2. The summed E-state index contributed by atoms with van der Waals surface area (Å²) in [6, 6.07) is 16.0. The Morgan fingerprint density at radius 2 is 2.00 bits per heavy atom. The summed E-state index contributed by atoms with van der Waals surface area (Å²) in [5.41, 5.74) is 1.85. The van der Waals surface area contributed by atoms with Gasteiger partial charge in [-0.3, -0.25) is 4.79 Å². The summed E-state index contributed by atoms with van der Waals surface area (Å²) in [6.07, 6.45) is 3.93. The van der Waals surface area contributed by atoms with Crippen LogP contribution < -0.4 is 5.32 Å². The zero-order valence-corrected chi connectivity index (χ0v) is 16.0. The molecule has 0 unspecified atom stereocenters. The van der Waals surface area contributed by atoms with Gasteiger partial charge in [-0.05, 0) is 82.6 Å². The van der Waals surface area contributed by atoms with E-state index < -0.39 is 0 Å². The van der Waals surface area contributed by atoms with E-state index in [1.165, 1.54) is 16.7 Å². The molecule has 0 bridgehead atoms. The van der Waals surface area contributed by atoms with Crippen LogP contribution in [0.2, 0.25) is 0 Å². The topological polar surface area (TPSA) is 41.5 Å². The van der Waals surface area contributed by atoms with Crippen LogP contribution in [-0.4, -0.2) is 17.3 Å². The molecule has 1 amide bonds. The minimum Gasteiger partial charge on any atom is -0.300 e. The first-order chi connectivity index (χ1) is 11.1. The molecule has 0 radical (unpaired) electrons. The molecule has 3 nitrogen and oxygen atoms in total. The molecular formula is C17H13IN2OS2. The Balaban J connectivity index is 1.80. The van der Waals surface area contributed by atoms with Gasteiger partial charge in [0.05, 0.1) is 10.6 Å². The van der Waals surface area contributed by atoms with Gasteiger partial charge in [0.2, 0.25) is 0 Å². The van der Waals surface area contributed by atoms with Gasteiger partial charge in [0.15, 0.2) is 5.17 Å². The fourth-order valence-corrected chi connectivity index (χ4v) is 3.77. The summed E-state index contributed by atoms with van der Waals surface area (Å²) < 4.78 is 1.11. The molecule has 1 aliphatic rings. The number of hydrogen-bond donors (Lipinski definition) is 1. The maximum atomic E-state index is 12.1. The van der Waals surface area contributed by atoms with E-state index in [2.05, 4.69) is 45.0 Å². The highest BCUT2D eigenvalue weighted by atomic mass is 127. The average molecular weight is 452 g/mol. The lowest BCUT2D eigenvalue weighted by atomic mass is 10.2. The maximum absolute atomic E-state index is 12.1. The number of amides is 1. The fraction of sp³-hybridized carbons (Fsp3) is 0.0588. The van der Waals surface area contributed by atoms with Crippen molar-refractivity contribution in [1.29, 1.82) is 0 Å². The van der Waals surface area contributed by atoms with Crippen LogP contribution in [0.15, 0.2) is 63.3 Å². The Bertz CT molecular complexity index is 800. The summed E-state index contributed by atoms with van der Waals surface area (Å²) in [5, 5.41) is 3.43. The van der Waals surface area contributed by atoms with Crippen molar-refractivity contribution in [3.05, 3.63) is 62.6 Å². The largest absolute Gasteiger partial charge is 0.300 e. The lowest BCUT2D eigenvalue weighted by Crippen LogP contribution is -2.19. The number of nitrogens with one attached hydrogen (secondary N) is 1. The summed E-state index contributed by atoms with van der Waals surface area (Å²) in [4.78, 5) is 18.4. The predicted molar refractivity (Wildman–Crippen MR) is 108 cm³/mol. The van der Waals surface area contributed by atoms with E-state index >= 15 is 0 Å². The SMILES string of the molecule is CSc1ccc(/C=C2/SC(=Nc3cccc(I)c3)NC2=O)cc1. The molecule has 0 aliphatic carbocycles. The highest BCUT2D eigenvalue weighted by molar-refractivity contribution is 14.1. The van der Waals surface area contributed by atoms with Gasteiger partial charge in [-0.15, -0.1) is 11.8 Å². The zero-order valence-electron chi connectivity index (χ0n) is 12.2. The van der Waals surface area contributed by atoms with Crippen molar-refractivity contribution in [3.63, 3.8) is 0 Å². The standard InChI is InChI=1S/C17H13IN2OS2/c1-22-14-7-5-11(6-8-14)9-15-16(21)20-17(23-15)19-13-4-2-3-12(18)10-13/h2-10H,1H3,(H,19,20,21)/b15-9+. The number of aliphatic imine (C=N–C) groups is 1. The molecule has 1 fully saturated rings. The van der Waals surface area contributed by atoms with Crippen molar-refractivity contribution < 1.29 is 4.79 Å². The van der Waals surface area contributed by atoms with E-state index in [0.29, 0.717) is 10.1 Å². The van der Waals surface area contributed by atoms with E-state index in [0.717, 1.165) is 14.8 Å². The number of carbonyl (C=O) groups excluding carboxylic acids is 1. The van der Waals surface area contributed by atoms with E-state index in [1.54, 1.807) is 11.8 Å². The predicted octanol–water partition coefficient (Wildman–Crippen LogP) is 4.90. The van der Waals surface area contributed by atoms with Gasteiger partial charge in [0.25, 0.3) is 5.91 Å². The first kappa shape index (κ1) is 16.6. The van der Waals surface area contributed by atoms with Gasteiger partial charge in [-0.1, -0.05) is 18.2 Å². The van der Waals surface area contributed by atoms with Crippen LogP contribution in [0.25, 0.3) is 6.08 Å². The van der Waals surface area contributed by atoms with Crippen LogP contribution in [0, 0.1) is 3.57 Å². The molecule has 2 aromatic rings. The lowest BCUT2D eigenvalue weighted by Gasteiger charge is -1.98. The van der Waals surface area contributed by atoms with E-state index in [9.17, 15) is 4.79 Å². The van der Waals surface area contributed by atoms with Crippen LogP contribution >= 0.6 is 46.1 Å². The molecule has 0 atom stereocenters. The third-order valence-electron chi connectivity index (χ3n) is 3.10. The van der Waals surface area contributed by atoms with Gasteiger partial charge in [-0.25, -0.2) is 4.99 Å². The average Bonchev–Trinajstić information content (AvgIpc) is 2.87. The highest BCUT2D eigenvalue weighted by Crippen LogP contribution is 2.28. The number of halogens is 1.